The summed E-state index contributed by atoms with van der Waals surface area (Å²) in [5.41, 5.74) is 3.18. The molecule has 1 aromatic heterocycles. The Hall–Kier alpha value is -1.75. The van der Waals surface area contributed by atoms with E-state index in [1.807, 2.05) is 6.07 Å². The molecule has 1 aromatic carbocycles. The molecule has 0 radical (unpaired) electrons. The highest BCUT2D eigenvalue weighted by Crippen LogP contribution is 2.23. The van der Waals surface area contributed by atoms with Gasteiger partial charge in [0.1, 0.15) is 5.58 Å². The van der Waals surface area contributed by atoms with Gasteiger partial charge in [0.05, 0.1) is 18.8 Å². The normalized spacial score (nSPS) is 10.4. The zero-order valence-corrected chi connectivity index (χ0v) is 8.79. The van der Waals surface area contributed by atoms with Crippen LogP contribution in [0.25, 0.3) is 11.0 Å². The number of furan rings is 1. The van der Waals surface area contributed by atoms with Crippen LogP contribution < -0.4 is 0 Å². The van der Waals surface area contributed by atoms with Crippen LogP contribution in [0.15, 0.2) is 28.9 Å². The third-order valence-electron chi connectivity index (χ3n) is 2.53. The lowest BCUT2D eigenvalue weighted by molar-refractivity contribution is 0.612. The summed E-state index contributed by atoms with van der Waals surface area (Å²) in [5, 5.41) is 9.76. The lowest BCUT2D eigenvalue weighted by Crippen LogP contribution is -1.83. The van der Waals surface area contributed by atoms with Crippen LogP contribution in [0.3, 0.4) is 0 Å². The highest BCUT2D eigenvalue weighted by molar-refractivity contribution is 5.82. The molecule has 0 bridgehead atoms. The first-order valence-corrected chi connectivity index (χ1v) is 5.21. The maximum absolute atomic E-state index is 8.68. The average molecular weight is 199 g/mol. The van der Waals surface area contributed by atoms with Gasteiger partial charge in [0.15, 0.2) is 0 Å². The van der Waals surface area contributed by atoms with Crippen molar-refractivity contribution in [2.24, 2.45) is 0 Å². The van der Waals surface area contributed by atoms with Crippen molar-refractivity contribution in [2.75, 3.05) is 0 Å². The van der Waals surface area contributed by atoms with E-state index in [-0.39, 0.29) is 0 Å². The van der Waals surface area contributed by atoms with Crippen LogP contribution in [0, 0.1) is 11.3 Å². The molecular formula is C13H13NO. The molecule has 2 rings (SSSR count). The Labute approximate surface area is 89.1 Å². The quantitative estimate of drug-likeness (QED) is 0.759. The Morgan fingerprint density at radius 2 is 2.27 bits per heavy atom. The number of fused-ring (bicyclic) bond motifs is 1. The molecule has 2 nitrogen and oxygen atoms in total. The van der Waals surface area contributed by atoms with Crippen molar-refractivity contribution in [2.45, 2.75) is 26.2 Å². The molecule has 0 saturated carbocycles. The summed E-state index contributed by atoms with van der Waals surface area (Å²) in [5.74, 6) is 0. The monoisotopic (exact) mass is 199 g/mol. The number of rotatable bonds is 3. The third-order valence-corrected chi connectivity index (χ3v) is 2.53. The van der Waals surface area contributed by atoms with Crippen LogP contribution in [0.4, 0.5) is 0 Å². The molecule has 0 aliphatic carbocycles. The van der Waals surface area contributed by atoms with E-state index in [1.54, 1.807) is 6.26 Å². The summed E-state index contributed by atoms with van der Waals surface area (Å²) >= 11 is 0. The molecule has 2 aromatic rings. The molecule has 0 fully saturated rings. The fourth-order valence-electron chi connectivity index (χ4n) is 1.80. The van der Waals surface area contributed by atoms with Crippen molar-refractivity contribution in [3.05, 3.63) is 35.6 Å². The van der Waals surface area contributed by atoms with Gasteiger partial charge in [-0.05, 0) is 24.1 Å². The van der Waals surface area contributed by atoms with Crippen molar-refractivity contribution in [1.29, 1.82) is 5.26 Å². The summed E-state index contributed by atoms with van der Waals surface area (Å²) in [6.07, 6.45) is 4.32. The van der Waals surface area contributed by atoms with Crippen molar-refractivity contribution < 1.29 is 4.42 Å². The predicted octanol–water partition coefficient (Wildman–Crippen LogP) is 3.45. The van der Waals surface area contributed by atoms with E-state index in [0.717, 1.165) is 29.4 Å². The van der Waals surface area contributed by atoms with E-state index in [0.29, 0.717) is 6.42 Å². The van der Waals surface area contributed by atoms with E-state index in [9.17, 15) is 0 Å². The molecule has 1 heterocycles. The van der Waals surface area contributed by atoms with Gasteiger partial charge in [0.25, 0.3) is 0 Å². The largest absolute Gasteiger partial charge is 0.464 e. The zero-order chi connectivity index (χ0) is 10.7. The van der Waals surface area contributed by atoms with E-state index in [4.69, 9.17) is 9.68 Å². The van der Waals surface area contributed by atoms with Gasteiger partial charge in [0.2, 0.25) is 0 Å². The topological polar surface area (TPSA) is 36.9 Å². The number of hydrogen-bond donors (Lipinski definition) is 0. The van der Waals surface area contributed by atoms with Gasteiger partial charge in [-0.25, -0.2) is 0 Å². The standard InChI is InChI=1S/C13H13NO/c1-2-3-10-4-5-13-12(8-10)11(6-7-14)9-15-13/h4-5,8-9H,2-3,6H2,1H3. The van der Waals surface area contributed by atoms with Gasteiger partial charge in [0, 0.05) is 10.9 Å². The van der Waals surface area contributed by atoms with Gasteiger partial charge in [-0.2, -0.15) is 5.26 Å². The number of nitrogens with zero attached hydrogens (tertiary/aromatic N) is 1. The molecule has 0 saturated heterocycles. The number of benzene rings is 1. The number of hydrogen-bond acceptors (Lipinski definition) is 2. The van der Waals surface area contributed by atoms with Crippen LogP contribution in [0.5, 0.6) is 0 Å². The van der Waals surface area contributed by atoms with Crippen LogP contribution in [0.1, 0.15) is 24.5 Å². The Bertz CT molecular complexity index is 505. The van der Waals surface area contributed by atoms with E-state index >= 15 is 0 Å². The van der Waals surface area contributed by atoms with Gasteiger partial charge in [-0.3, -0.25) is 0 Å². The molecule has 0 N–H and O–H groups in total. The molecule has 0 aliphatic rings. The van der Waals surface area contributed by atoms with Crippen molar-refractivity contribution in [3.8, 4) is 6.07 Å². The number of nitriles is 1. The molecule has 0 unspecified atom stereocenters. The first-order valence-electron chi connectivity index (χ1n) is 5.21. The highest BCUT2D eigenvalue weighted by Gasteiger charge is 2.05. The minimum atomic E-state index is 0.419. The summed E-state index contributed by atoms with van der Waals surface area (Å²) in [6, 6.07) is 8.36. The molecule has 76 valence electrons. The Balaban J connectivity index is 2.47. The van der Waals surface area contributed by atoms with Gasteiger partial charge in [-0.15, -0.1) is 0 Å². The third kappa shape index (κ3) is 1.87. The molecule has 15 heavy (non-hydrogen) atoms. The fraction of sp³-hybridized carbons (Fsp3) is 0.308. The average Bonchev–Trinajstić information content (AvgIpc) is 2.63. The first kappa shape index (κ1) is 9.79. The summed E-state index contributed by atoms with van der Waals surface area (Å²) in [4.78, 5) is 0. The maximum Gasteiger partial charge on any atom is 0.134 e. The molecule has 0 amide bonds. The fourth-order valence-corrected chi connectivity index (χ4v) is 1.80. The Kier molecular flexibility index (Phi) is 2.73. The van der Waals surface area contributed by atoms with Gasteiger partial charge >= 0.3 is 0 Å². The minimum absolute atomic E-state index is 0.419. The molecule has 2 heteroatoms. The zero-order valence-electron chi connectivity index (χ0n) is 8.79. The van der Waals surface area contributed by atoms with E-state index < -0.39 is 0 Å². The van der Waals surface area contributed by atoms with Crippen molar-refractivity contribution in [3.63, 3.8) is 0 Å². The lowest BCUT2D eigenvalue weighted by atomic mass is 10.1. The Morgan fingerprint density at radius 1 is 1.40 bits per heavy atom. The highest BCUT2D eigenvalue weighted by atomic mass is 16.3. The summed E-state index contributed by atoms with van der Waals surface area (Å²) in [7, 11) is 0. The van der Waals surface area contributed by atoms with Gasteiger partial charge in [-0.1, -0.05) is 19.4 Å². The second-order valence-corrected chi connectivity index (χ2v) is 3.68. The second-order valence-electron chi connectivity index (χ2n) is 3.68. The van der Waals surface area contributed by atoms with Crippen LogP contribution >= 0.6 is 0 Å². The Morgan fingerprint density at radius 3 is 3.00 bits per heavy atom. The molecule has 0 atom stereocenters. The summed E-state index contributed by atoms with van der Waals surface area (Å²) < 4.78 is 5.38. The van der Waals surface area contributed by atoms with Crippen molar-refractivity contribution in [1.82, 2.24) is 0 Å². The lowest BCUT2D eigenvalue weighted by Gasteiger charge is -1.98. The maximum atomic E-state index is 8.68. The van der Waals surface area contributed by atoms with Crippen LogP contribution in [-0.4, -0.2) is 0 Å². The minimum Gasteiger partial charge on any atom is -0.464 e. The van der Waals surface area contributed by atoms with E-state index in [1.165, 1.54) is 5.56 Å². The molecular weight excluding hydrogens is 186 g/mol. The second kappa shape index (κ2) is 4.18. The predicted molar refractivity (Wildman–Crippen MR) is 59.5 cm³/mol. The van der Waals surface area contributed by atoms with Crippen LogP contribution in [0.2, 0.25) is 0 Å². The molecule has 0 aliphatic heterocycles. The summed E-state index contributed by atoms with van der Waals surface area (Å²) in [6.45, 7) is 2.16. The van der Waals surface area contributed by atoms with E-state index in [2.05, 4.69) is 25.1 Å². The smallest absolute Gasteiger partial charge is 0.134 e. The SMILES string of the molecule is CCCc1ccc2occ(CC#N)c2c1. The van der Waals surface area contributed by atoms with Gasteiger partial charge < -0.3 is 4.42 Å². The number of aryl methyl sites for hydroxylation is 1. The molecule has 0 spiro atoms. The first-order chi connectivity index (χ1) is 7.35. The van der Waals surface area contributed by atoms with Crippen LogP contribution in [-0.2, 0) is 12.8 Å². The van der Waals surface area contributed by atoms with Crippen molar-refractivity contribution >= 4 is 11.0 Å².